The van der Waals surface area contributed by atoms with Crippen molar-refractivity contribution in [2.24, 2.45) is 0 Å². The Morgan fingerprint density at radius 1 is 1.00 bits per heavy atom. The molecule has 1 aromatic heterocycles. The van der Waals surface area contributed by atoms with Gasteiger partial charge in [-0.15, -0.1) is 11.3 Å². The molecule has 2 rings (SSSR count). The molecule has 0 saturated carbocycles. The van der Waals surface area contributed by atoms with Crippen LogP contribution in [-0.2, 0) is 22.7 Å². The van der Waals surface area contributed by atoms with Gasteiger partial charge in [0, 0.05) is 28.8 Å². The Bertz CT molecular complexity index is 757. The van der Waals surface area contributed by atoms with Gasteiger partial charge in [0.25, 0.3) is 0 Å². The Hall–Kier alpha value is -2.14. The maximum atomic E-state index is 13.2. The maximum absolute atomic E-state index is 13.2. The standard InChI is InChI=1S/C23H32N2O2S/c1-5-10-22(26)25(18(3)6-2)17-23(27)24(15-20-11-8-7-9-12-20)16-21-14-13-19(4)28-21/h7-9,11-14,18H,5-6,10,15-17H2,1-4H3/t18-/m0/s1. The third kappa shape index (κ3) is 6.48. The Kier molecular flexibility index (Phi) is 8.71. The van der Waals surface area contributed by atoms with Gasteiger partial charge in [-0.2, -0.15) is 0 Å². The summed E-state index contributed by atoms with van der Waals surface area (Å²) in [4.78, 5) is 31.8. The van der Waals surface area contributed by atoms with Crippen LogP contribution in [0.15, 0.2) is 42.5 Å². The van der Waals surface area contributed by atoms with E-state index < -0.39 is 0 Å². The fraction of sp³-hybridized carbons (Fsp3) is 0.478. The minimum absolute atomic E-state index is 0.000316. The molecular formula is C23H32N2O2S. The van der Waals surface area contributed by atoms with E-state index in [4.69, 9.17) is 0 Å². The SMILES string of the molecule is CCCC(=O)N(CC(=O)N(Cc1ccccc1)Cc1ccc(C)s1)[C@@H](C)CC. The van der Waals surface area contributed by atoms with Crippen molar-refractivity contribution in [1.82, 2.24) is 9.80 Å². The summed E-state index contributed by atoms with van der Waals surface area (Å²) in [5, 5.41) is 0. The number of rotatable bonds is 10. The van der Waals surface area contributed by atoms with E-state index >= 15 is 0 Å². The molecule has 0 bridgehead atoms. The van der Waals surface area contributed by atoms with Gasteiger partial charge in [-0.25, -0.2) is 0 Å². The minimum atomic E-state index is -0.000316. The number of hydrogen-bond donors (Lipinski definition) is 0. The monoisotopic (exact) mass is 400 g/mol. The van der Waals surface area contributed by atoms with Crippen molar-refractivity contribution in [2.45, 2.75) is 66.1 Å². The quantitative estimate of drug-likeness (QED) is 0.562. The van der Waals surface area contributed by atoms with E-state index in [9.17, 15) is 9.59 Å². The lowest BCUT2D eigenvalue weighted by Gasteiger charge is -2.31. The van der Waals surface area contributed by atoms with Crippen LogP contribution in [0.25, 0.3) is 0 Å². The summed E-state index contributed by atoms with van der Waals surface area (Å²) in [7, 11) is 0. The molecule has 5 heteroatoms. The highest BCUT2D eigenvalue weighted by atomic mass is 32.1. The Morgan fingerprint density at radius 3 is 2.29 bits per heavy atom. The number of thiophene rings is 1. The molecule has 0 radical (unpaired) electrons. The highest BCUT2D eigenvalue weighted by molar-refractivity contribution is 7.11. The van der Waals surface area contributed by atoms with Crippen LogP contribution in [0, 0.1) is 6.92 Å². The van der Waals surface area contributed by atoms with E-state index in [1.807, 2.05) is 49.1 Å². The van der Waals surface area contributed by atoms with Gasteiger partial charge in [-0.3, -0.25) is 9.59 Å². The van der Waals surface area contributed by atoms with E-state index in [1.54, 1.807) is 16.2 Å². The molecule has 1 aromatic carbocycles. The van der Waals surface area contributed by atoms with Gasteiger partial charge in [0.2, 0.25) is 11.8 Å². The van der Waals surface area contributed by atoms with Crippen LogP contribution < -0.4 is 0 Å². The number of amides is 2. The number of carbonyl (C=O) groups excluding carboxylic acids is 2. The number of benzene rings is 1. The van der Waals surface area contributed by atoms with Crippen LogP contribution >= 0.6 is 11.3 Å². The predicted molar refractivity (Wildman–Crippen MR) is 116 cm³/mol. The molecule has 28 heavy (non-hydrogen) atoms. The van der Waals surface area contributed by atoms with Gasteiger partial charge < -0.3 is 9.80 Å². The first kappa shape index (κ1) is 22.2. The first-order valence-corrected chi connectivity index (χ1v) is 10.9. The smallest absolute Gasteiger partial charge is 0.242 e. The largest absolute Gasteiger partial charge is 0.332 e. The Labute approximate surface area is 173 Å². The number of nitrogens with zero attached hydrogens (tertiary/aromatic N) is 2. The zero-order chi connectivity index (χ0) is 20.5. The third-order valence-electron chi connectivity index (χ3n) is 4.92. The normalized spacial score (nSPS) is 11.9. The second-order valence-electron chi connectivity index (χ2n) is 7.28. The molecule has 4 nitrogen and oxygen atoms in total. The zero-order valence-electron chi connectivity index (χ0n) is 17.5. The molecule has 2 aromatic rings. The zero-order valence-corrected chi connectivity index (χ0v) is 18.3. The van der Waals surface area contributed by atoms with E-state index in [2.05, 4.69) is 26.0 Å². The summed E-state index contributed by atoms with van der Waals surface area (Å²) in [5.41, 5.74) is 1.10. The van der Waals surface area contributed by atoms with Crippen molar-refractivity contribution in [1.29, 1.82) is 0 Å². The molecule has 0 N–H and O–H groups in total. The molecule has 1 heterocycles. The molecule has 0 fully saturated rings. The van der Waals surface area contributed by atoms with Gasteiger partial charge in [0.1, 0.15) is 6.54 Å². The lowest BCUT2D eigenvalue weighted by molar-refractivity contribution is -0.143. The first-order valence-electron chi connectivity index (χ1n) is 10.1. The second kappa shape index (κ2) is 11.0. The van der Waals surface area contributed by atoms with Crippen molar-refractivity contribution in [3.8, 4) is 0 Å². The van der Waals surface area contributed by atoms with Crippen LogP contribution in [0.3, 0.4) is 0 Å². The molecule has 2 amide bonds. The van der Waals surface area contributed by atoms with Crippen LogP contribution in [0.1, 0.15) is 55.4 Å². The van der Waals surface area contributed by atoms with Crippen molar-refractivity contribution < 1.29 is 9.59 Å². The maximum Gasteiger partial charge on any atom is 0.242 e. The van der Waals surface area contributed by atoms with Crippen molar-refractivity contribution in [2.75, 3.05) is 6.54 Å². The highest BCUT2D eigenvalue weighted by Crippen LogP contribution is 2.19. The van der Waals surface area contributed by atoms with E-state index in [0.717, 1.165) is 23.3 Å². The third-order valence-corrected chi connectivity index (χ3v) is 5.91. The molecule has 0 unspecified atom stereocenters. The average molecular weight is 401 g/mol. The van der Waals surface area contributed by atoms with Crippen LogP contribution in [-0.4, -0.2) is 34.2 Å². The fourth-order valence-corrected chi connectivity index (χ4v) is 4.01. The average Bonchev–Trinajstić information content (AvgIpc) is 3.10. The Morgan fingerprint density at radius 2 is 1.71 bits per heavy atom. The molecule has 0 aliphatic heterocycles. The van der Waals surface area contributed by atoms with Gasteiger partial charge in [-0.1, -0.05) is 44.2 Å². The van der Waals surface area contributed by atoms with Crippen molar-refractivity contribution >= 4 is 23.2 Å². The molecule has 0 aliphatic rings. The van der Waals surface area contributed by atoms with Gasteiger partial charge in [-0.05, 0) is 44.4 Å². The van der Waals surface area contributed by atoms with E-state index in [-0.39, 0.29) is 24.4 Å². The molecule has 0 aliphatic carbocycles. The van der Waals surface area contributed by atoms with Crippen LogP contribution in [0.5, 0.6) is 0 Å². The summed E-state index contributed by atoms with van der Waals surface area (Å²) >= 11 is 1.71. The van der Waals surface area contributed by atoms with Gasteiger partial charge in [0.05, 0.1) is 6.54 Å². The second-order valence-corrected chi connectivity index (χ2v) is 8.65. The molecule has 0 spiro atoms. The predicted octanol–water partition coefficient (Wildman–Crippen LogP) is 5.01. The van der Waals surface area contributed by atoms with Crippen LogP contribution in [0.4, 0.5) is 0 Å². The highest BCUT2D eigenvalue weighted by Gasteiger charge is 2.24. The van der Waals surface area contributed by atoms with E-state index in [1.165, 1.54) is 4.88 Å². The number of aryl methyl sites for hydroxylation is 1. The van der Waals surface area contributed by atoms with Crippen molar-refractivity contribution in [3.05, 3.63) is 57.8 Å². The molecule has 152 valence electrons. The summed E-state index contributed by atoms with van der Waals surface area (Å²) in [6, 6.07) is 14.3. The lowest BCUT2D eigenvalue weighted by Crippen LogP contribution is -2.46. The first-order chi connectivity index (χ1) is 13.4. The van der Waals surface area contributed by atoms with E-state index in [0.29, 0.717) is 19.5 Å². The van der Waals surface area contributed by atoms with Gasteiger partial charge in [0.15, 0.2) is 0 Å². The van der Waals surface area contributed by atoms with Gasteiger partial charge >= 0.3 is 0 Å². The van der Waals surface area contributed by atoms with Crippen LogP contribution in [0.2, 0.25) is 0 Å². The summed E-state index contributed by atoms with van der Waals surface area (Å²) in [5.74, 6) is 0.0662. The minimum Gasteiger partial charge on any atom is -0.332 e. The molecular weight excluding hydrogens is 368 g/mol. The Balaban J connectivity index is 2.19. The molecule has 0 saturated heterocycles. The molecule has 1 atom stereocenters. The summed E-state index contributed by atoms with van der Waals surface area (Å²) in [6.45, 7) is 9.41. The number of carbonyl (C=O) groups is 2. The lowest BCUT2D eigenvalue weighted by atomic mass is 10.1. The summed E-state index contributed by atoms with van der Waals surface area (Å²) < 4.78 is 0. The summed E-state index contributed by atoms with van der Waals surface area (Å²) in [6.07, 6.45) is 2.12. The van der Waals surface area contributed by atoms with Crippen molar-refractivity contribution in [3.63, 3.8) is 0 Å². The number of hydrogen-bond acceptors (Lipinski definition) is 3. The topological polar surface area (TPSA) is 40.6 Å². The fourth-order valence-electron chi connectivity index (χ4n) is 3.11.